The van der Waals surface area contributed by atoms with Crippen molar-refractivity contribution in [2.45, 2.75) is 19.5 Å². The van der Waals surface area contributed by atoms with Crippen molar-refractivity contribution >= 4 is 12.0 Å². The van der Waals surface area contributed by atoms with Crippen LogP contribution in [0.2, 0.25) is 0 Å². The van der Waals surface area contributed by atoms with Crippen molar-refractivity contribution in [3.8, 4) is 0 Å². The number of ether oxygens (including phenoxy) is 1. The van der Waals surface area contributed by atoms with Crippen molar-refractivity contribution in [1.82, 2.24) is 9.80 Å². The second-order valence-corrected chi connectivity index (χ2v) is 7.48. The van der Waals surface area contributed by atoms with Crippen molar-refractivity contribution in [1.29, 1.82) is 0 Å². The van der Waals surface area contributed by atoms with Gasteiger partial charge in [0, 0.05) is 19.6 Å². The molecule has 0 aliphatic carbocycles. The first-order valence-corrected chi connectivity index (χ1v) is 9.44. The summed E-state index contributed by atoms with van der Waals surface area (Å²) in [6.45, 7) is 4.65. The molecular formula is C22H24N2O3. The highest BCUT2D eigenvalue weighted by Gasteiger charge is 2.45. The average Bonchev–Trinajstić information content (AvgIpc) is 3.25. The molecule has 2 heterocycles. The normalized spacial score (nSPS) is 25.6. The Labute approximate surface area is 159 Å². The first kappa shape index (κ1) is 17.7. The van der Waals surface area contributed by atoms with E-state index in [1.54, 1.807) is 0 Å². The van der Waals surface area contributed by atoms with Crippen molar-refractivity contribution < 1.29 is 14.3 Å². The van der Waals surface area contributed by atoms with Gasteiger partial charge in [0.2, 0.25) is 5.91 Å². The van der Waals surface area contributed by atoms with Gasteiger partial charge < -0.3 is 4.74 Å². The minimum Gasteiger partial charge on any atom is -0.446 e. The van der Waals surface area contributed by atoms with Crippen LogP contribution < -0.4 is 0 Å². The van der Waals surface area contributed by atoms with Gasteiger partial charge >= 0.3 is 6.09 Å². The third-order valence-corrected chi connectivity index (χ3v) is 5.55. The van der Waals surface area contributed by atoms with E-state index in [1.807, 2.05) is 48.5 Å². The van der Waals surface area contributed by atoms with Crippen LogP contribution in [0.4, 0.5) is 4.79 Å². The molecule has 5 heteroatoms. The van der Waals surface area contributed by atoms with Crippen LogP contribution in [0.5, 0.6) is 0 Å². The Morgan fingerprint density at radius 1 is 1.04 bits per heavy atom. The maximum Gasteiger partial charge on any atom is 0.417 e. The second kappa shape index (κ2) is 7.53. The number of cyclic esters (lactones) is 1. The van der Waals surface area contributed by atoms with E-state index in [4.69, 9.17) is 4.74 Å². The summed E-state index contributed by atoms with van der Waals surface area (Å²) in [4.78, 5) is 29.2. The molecule has 0 aromatic heterocycles. The van der Waals surface area contributed by atoms with Gasteiger partial charge in [-0.2, -0.15) is 0 Å². The summed E-state index contributed by atoms with van der Waals surface area (Å²) in [7, 11) is 0. The lowest BCUT2D eigenvalue weighted by Gasteiger charge is -2.24. The summed E-state index contributed by atoms with van der Waals surface area (Å²) in [5.41, 5.74) is 2.17. The molecule has 0 bridgehead atoms. The summed E-state index contributed by atoms with van der Waals surface area (Å²) in [6.07, 6.45) is -0.525. The molecule has 4 rings (SSSR count). The van der Waals surface area contributed by atoms with Gasteiger partial charge in [-0.15, -0.1) is 0 Å². The lowest BCUT2D eigenvalue weighted by atomic mass is 9.95. The van der Waals surface area contributed by atoms with Crippen molar-refractivity contribution in [3.05, 3.63) is 71.8 Å². The molecule has 2 aliphatic rings. The number of carbonyl (C=O) groups excluding carboxylic acids is 2. The van der Waals surface area contributed by atoms with Crippen molar-refractivity contribution in [3.63, 3.8) is 0 Å². The quantitative estimate of drug-likeness (QED) is 0.833. The highest BCUT2D eigenvalue weighted by Crippen LogP contribution is 2.33. The van der Waals surface area contributed by atoms with Gasteiger partial charge in [0.25, 0.3) is 0 Å². The largest absolute Gasteiger partial charge is 0.446 e. The number of likely N-dealkylation sites (tertiary alicyclic amines) is 1. The fourth-order valence-corrected chi connectivity index (χ4v) is 4.12. The summed E-state index contributed by atoms with van der Waals surface area (Å²) < 4.78 is 5.22. The van der Waals surface area contributed by atoms with E-state index in [-0.39, 0.29) is 30.4 Å². The Balaban J connectivity index is 1.49. The molecule has 27 heavy (non-hydrogen) atoms. The fourth-order valence-electron chi connectivity index (χ4n) is 4.12. The maximum absolute atomic E-state index is 13.2. The molecule has 0 radical (unpaired) electrons. The Morgan fingerprint density at radius 3 is 2.41 bits per heavy atom. The van der Waals surface area contributed by atoms with Crippen LogP contribution in [-0.4, -0.2) is 41.5 Å². The van der Waals surface area contributed by atoms with E-state index in [2.05, 4.69) is 24.0 Å². The first-order chi connectivity index (χ1) is 13.1. The molecule has 0 saturated carbocycles. The van der Waals surface area contributed by atoms with Gasteiger partial charge in [-0.05, 0) is 17.0 Å². The zero-order valence-corrected chi connectivity index (χ0v) is 15.5. The van der Waals surface area contributed by atoms with Crippen LogP contribution in [0.3, 0.4) is 0 Å². The molecule has 2 aromatic rings. The number of hydrogen-bond donors (Lipinski definition) is 0. The zero-order chi connectivity index (χ0) is 18.8. The summed E-state index contributed by atoms with van der Waals surface area (Å²) in [6, 6.07) is 19.6. The van der Waals surface area contributed by atoms with E-state index < -0.39 is 6.09 Å². The lowest BCUT2D eigenvalue weighted by molar-refractivity contribution is -0.134. The number of amides is 2. The van der Waals surface area contributed by atoms with Crippen LogP contribution in [0.15, 0.2) is 60.7 Å². The zero-order valence-electron chi connectivity index (χ0n) is 15.5. The molecule has 0 spiro atoms. The predicted molar refractivity (Wildman–Crippen MR) is 102 cm³/mol. The van der Waals surface area contributed by atoms with Crippen LogP contribution in [0.1, 0.15) is 24.1 Å². The minimum atomic E-state index is -0.525. The van der Waals surface area contributed by atoms with Gasteiger partial charge in [-0.25, -0.2) is 9.69 Å². The Kier molecular flexibility index (Phi) is 4.94. The van der Waals surface area contributed by atoms with Crippen molar-refractivity contribution in [2.75, 3.05) is 19.7 Å². The molecule has 2 amide bonds. The average molecular weight is 364 g/mol. The lowest BCUT2D eigenvalue weighted by Crippen LogP contribution is -2.41. The van der Waals surface area contributed by atoms with E-state index in [9.17, 15) is 9.59 Å². The number of benzene rings is 2. The first-order valence-electron chi connectivity index (χ1n) is 9.44. The second-order valence-electron chi connectivity index (χ2n) is 7.48. The Morgan fingerprint density at radius 2 is 1.70 bits per heavy atom. The Bertz CT molecular complexity index is 809. The third kappa shape index (κ3) is 3.60. The van der Waals surface area contributed by atoms with Gasteiger partial charge in [-0.1, -0.05) is 67.6 Å². The predicted octanol–water partition coefficient (Wildman–Crippen LogP) is 3.47. The molecule has 1 unspecified atom stereocenters. The highest BCUT2D eigenvalue weighted by molar-refractivity contribution is 5.95. The standard InChI is InChI=1S/C22H24N2O3/c1-16-12-23(13-17-8-4-2-5-9-17)14-19(16)21(25)24-20(15-27-22(24)26)18-10-6-3-7-11-18/h2-11,16,19-20H,12-15H2,1H3/t16-,19+,20?/m0/s1. The summed E-state index contributed by atoms with van der Waals surface area (Å²) in [5.74, 6) is -0.106. The van der Waals surface area contributed by atoms with Gasteiger partial charge in [-0.3, -0.25) is 9.69 Å². The molecule has 140 valence electrons. The van der Waals surface area contributed by atoms with E-state index in [0.717, 1.165) is 18.7 Å². The molecule has 2 aliphatic heterocycles. The molecule has 2 fully saturated rings. The Hall–Kier alpha value is -2.66. The minimum absolute atomic E-state index is 0.116. The van der Waals surface area contributed by atoms with Crippen LogP contribution in [0.25, 0.3) is 0 Å². The van der Waals surface area contributed by atoms with E-state index in [0.29, 0.717) is 6.54 Å². The SMILES string of the molecule is C[C@H]1CN(Cc2ccccc2)C[C@H]1C(=O)N1C(=O)OCC1c1ccccc1. The van der Waals surface area contributed by atoms with Gasteiger partial charge in [0.15, 0.2) is 0 Å². The molecule has 0 N–H and O–H groups in total. The molecule has 2 saturated heterocycles. The number of imide groups is 1. The van der Waals surface area contributed by atoms with Crippen molar-refractivity contribution in [2.24, 2.45) is 11.8 Å². The van der Waals surface area contributed by atoms with E-state index >= 15 is 0 Å². The monoisotopic (exact) mass is 364 g/mol. The molecule has 3 atom stereocenters. The molecular weight excluding hydrogens is 340 g/mol. The molecule has 5 nitrogen and oxygen atoms in total. The number of carbonyl (C=O) groups is 2. The number of rotatable bonds is 4. The van der Waals surface area contributed by atoms with Gasteiger partial charge in [0.1, 0.15) is 12.6 Å². The molecule has 2 aromatic carbocycles. The smallest absolute Gasteiger partial charge is 0.417 e. The fraction of sp³-hybridized carbons (Fsp3) is 0.364. The topological polar surface area (TPSA) is 49.9 Å². The van der Waals surface area contributed by atoms with Gasteiger partial charge in [0.05, 0.1) is 5.92 Å². The summed E-state index contributed by atoms with van der Waals surface area (Å²) >= 11 is 0. The van der Waals surface area contributed by atoms with E-state index in [1.165, 1.54) is 10.5 Å². The number of nitrogens with zero attached hydrogens (tertiary/aromatic N) is 2. The third-order valence-electron chi connectivity index (χ3n) is 5.55. The van der Waals surface area contributed by atoms with Crippen LogP contribution in [0, 0.1) is 11.8 Å². The summed E-state index contributed by atoms with van der Waals surface area (Å²) in [5, 5.41) is 0. The number of hydrogen-bond acceptors (Lipinski definition) is 4. The van der Waals surface area contributed by atoms with Crippen LogP contribution >= 0.6 is 0 Å². The maximum atomic E-state index is 13.2. The van der Waals surface area contributed by atoms with Crippen LogP contribution in [-0.2, 0) is 16.1 Å². The highest BCUT2D eigenvalue weighted by atomic mass is 16.6.